The Labute approximate surface area is 249 Å². The molecule has 0 radical (unpaired) electrons. The van der Waals surface area contributed by atoms with Crippen LogP contribution in [0.1, 0.15) is 36.1 Å². The number of nitrogens with zero attached hydrogens (tertiary/aromatic N) is 3. The Hall–Kier alpha value is -4.61. The van der Waals surface area contributed by atoms with E-state index in [-0.39, 0.29) is 43.7 Å². The number of methoxy groups -OCH3 is 1. The molecule has 11 nitrogen and oxygen atoms in total. The first-order chi connectivity index (χ1) is 20.8. The monoisotopic (exact) mass is 593 g/mol. The number of fused-ring (bicyclic) bond motifs is 5. The number of halogens is 1. The average Bonchev–Trinajstić information content (AvgIpc) is 3.41. The normalized spacial score (nSPS) is 19.5. The predicted molar refractivity (Wildman–Crippen MR) is 154 cm³/mol. The van der Waals surface area contributed by atoms with E-state index in [4.69, 9.17) is 14.2 Å². The molecule has 0 aliphatic carbocycles. The Balaban J connectivity index is 1.36. The van der Waals surface area contributed by atoms with Gasteiger partial charge in [0, 0.05) is 63.9 Å². The number of benzene rings is 2. The van der Waals surface area contributed by atoms with Gasteiger partial charge in [-0.15, -0.1) is 0 Å². The van der Waals surface area contributed by atoms with E-state index in [2.05, 4.69) is 15.7 Å². The van der Waals surface area contributed by atoms with Crippen LogP contribution in [0.3, 0.4) is 0 Å². The van der Waals surface area contributed by atoms with Gasteiger partial charge in [-0.1, -0.05) is 6.07 Å². The Morgan fingerprint density at radius 2 is 1.98 bits per heavy atom. The number of rotatable bonds is 4. The van der Waals surface area contributed by atoms with Gasteiger partial charge >= 0.3 is 0 Å². The van der Waals surface area contributed by atoms with Crippen LogP contribution in [0.25, 0.3) is 0 Å². The van der Waals surface area contributed by atoms with Gasteiger partial charge in [0.05, 0.1) is 13.2 Å². The minimum Gasteiger partial charge on any atom is -0.493 e. The highest BCUT2D eigenvalue weighted by atomic mass is 19.1. The zero-order chi connectivity index (χ0) is 30.3. The molecule has 4 bridgehead atoms. The number of aryl methyl sites for hydroxylation is 3. The lowest BCUT2D eigenvalue weighted by Crippen LogP contribution is -2.58. The maximum absolute atomic E-state index is 14.6. The lowest BCUT2D eigenvalue weighted by Gasteiger charge is -2.39. The molecule has 228 valence electrons. The predicted octanol–water partition coefficient (Wildman–Crippen LogP) is 2.31. The first-order valence-corrected chi connectivity index (χ1v) is 14.3. The average molecular weight is 594 g/mol. The topological polar surface area (TPSA) is 124 Å². The Bertz CT molecular complexity index is 1480. The van der Waals surface area contributed by atoms with Crippen LogP contribution in [0.5, 0.6) is 17.2 Å². The summed E-state index contributed by atoms with van der Waals surface area (Å²) in [4.78, 5) is 40.5. The summed E-state index contributed by atoms with van der Waals surface area (Å²) in [6.45, 7) is 0.466. The second kappa shape index (κ2) is 13.6. The molecule has 1 fully saturated rings. The maximum Gasteiger partial charge on any atom is 0.258 e. The van der Waals surface area contributed by atoms with Crippen molar-refractivity contribution in [2.24, 2.45) is 7.05 Å². The Morgan fingerprint density at radius 3 is 2.77 bits per heavy atom. The van der Waals surface area contributed by atoms with Crippen LogP contribution in [0.15, 0.2) is 48.7 Å². The van der Waals surface area contributed by atoms with Gasteiger partial charge in [0.15, 0.2) is 18.1 Å². The van der Waals surface area contributed by atoms with Crippen molar-refractivity contribution in [2.45, 2.75) is 50.8 Å². The van der Waals surface area contributed by atoms with Crippen molar-refractivity contribution in [3.05, 3.63) is 71.3 Å². The quantitative estimate of drug-likeness (QED) is 0.476. The summed E-state index contributed by atoms with van der Waals surface area (Å²) in [6.07, 6.45) is 3.06. The van der Waals surface area contributed by atoms with Gasteiger partial charge in [0.25, 0.3) is 5.91 Å². The number of amides is 3. The molecule has 2 aromatic carbocycles. The fourth-order valence-electron chi connectivity index (χ4n) is 5.37. The van der Waals surface area contributed by atoms with E-state index in [1.165, 1.54) is 19.2 Å². The molecule has 1 aromatic heterocycles. The molecule has 0 saturated carbocycles. The minimum absolute atomic E-state index is 0.0464. The molecule has 2 aliphatic rings. The van der Waals surface area contributed by atoms with Crippen LogP contribution < -0.4 is 24.8 Å². The van der Waals surface area contributed by atoms with Crippen LogP contribution in [0.2, 0.25) is 0 Å². The van der Waals surface area contributed by atoms with Gasteiger partial charge < -0.3 is 29.7 Å². The zero-order valence-electron chi connectivity index (χ0n) is 24.3. The summed E-state index contributed by atoms with van der Waals surface area (Å²) in [5, 5.41) is 9.96. The van der Waals surface area contributed by atoms with Crippen LogP contribution in [-0.4, -0.2) is 71.4 Å². The molecule has 43 heavy (non-hydrogen) atoms. The molecule has 3 amide bonds. The van der Waals surface area contributed by atoms with Gasteiger partial charge in [0.1, 0.15) is 17.7 Å². The largest absolute Gasteiger partial charge is 0.493 e. The molecule has 2 aliphatic heterocycles. The second-order valence-electron chi connectivity index (χ2n) is 10.8. The van der Waals surface area contributed by atoms with Crippen molar-refractivity contribution in [1.29, 1.82) is 0 Å². The lowest BCUT2D eigenvalue weighted by atomic mass is 10.0. The van der Waals surface area contributed by atoms with E-state index in [9.17, 15) is 18.8 Å². The maximum atomic E-state index is 14.6. The molecule has 1 saturated heterocycles. The van der Waals surface area contributed by atoms with Gasteiger partial charge in [-0.05, 0) is 54.3 Å². The number of hydrogen-bond acceptors (Lipinski definition) is 7. The number of likely N-dealkylation sites (tertiary alicyclic amines) is 1. The van der Waals surface area contributed by atoms with Crippen LogP contribution >= 0.6 is 0 Å². The summed E-state index contributed by atoms with van der Waals surface area (Å²) in [5.41, 5.74) is 2.33. The fourth-order valence-corrected chi connectivity index (χ4v) is 5.37. The van der Waals surface area contributed by atoms with Gasteiger partial charge in [0.2, 0.25) is 11.8 Å². The first kappa shape index (κ1) is 29.9. The first-order valence-electron chi connectivity index (χ1n) is 14.3. The smallest absolute Gasteiger partial charge is 0.258 e. The van der Waals surface area contributed by atoms with Gasteiger partial charge in [-0.3, -0.25) is 19.1 Å². The lowest BCUT2D eigenvalue weighted by molar-refractivity contribution is -0.135. The van der Waals surface area contributed by atoms with Crippen LogP contribution in [-0.2, 0) is 40.8 Å². The highest BCUT2D eigenvalue weighted by molar-refractivity contribution is 5.79. The molecule has 5 rings (SSSR count). The molecular formula is C31H36FN5O6. The molecule has 3 heterocycles. The zero-order valence-corrected chi connectivity index (χ0v) is 24.3. The van der Waals surface area contributed by atoms with Crippen molar-refractivity contribution in [3.63, 3.8) is 0 Å². The molecule has 12 heteroatoms. The molecule has 2 atom stereocenters. The number of piperidine rings is 1. The number of carbonyl (C=O) groups excluding carboxylic acids is 3. The molecule has 0 spiro atoms. The highest BCUT2D eigenvalue weighted by Crippen LogP contribution is 2.29. The van der Waals surface area contributed by atoms with Crippen LogP contribution in [0.4, 0.5) is 4.39 Å². The molecule has 2 N–H and O–H groups in total. The van der Waals surface area contributed by atoms with E-state index >= 15 is 0 Å². The summed E-state index contributed by atoms with van der Waals surface area (Å²) >= 11 is 0. The number of hydrogen-bond donors (Lipinski definition) is 2. The molecule has 3 aromatic rings. The summed E-state index contributed by atoms with van der Waals surface area (Å²) in [5.74, 6) is -0.0256. The summed E-state index contributed by atoms with van der Waals surface area (Å²) in [7, 11) is 3.34. The third kappa shape index (κ3) is 7.82. The van der Waals surface area contributed by atoms with Crippen molar-refractivity contribution in [3.8, 4) is 17.2 Å². The third-order valence-corrected chi connectivity index (χ3v) is 7.70. The third-order valence-electron chi connectivity index (χ3n) is 7.70. The highest BCUT2D eigenvalue weighted by Gasteiger charge is 2.34. The van der Waals surface area contributed by atoms with Crippen molar-refractivity contribution in [1.82, 2.24) is 25.3 Å². The van der Waals surface area contributed by atoms with Crippen molar-refractivity contribution >= 4 is 17.7 Å². The van der Waals surface area contributed by atoms with Crippen molar-refractivity contribution in [2.75, 3.05) is 26.8 Å². The Morgan fingerprint density at radius 1 is 1.12 bits per heavy atom. The SMILES string of the molecule is COc1ccc2cc1OCC(=O)N[C@@H]1CN(C(=O)CCc3ccnn3C)CC[C@H]1Oc1cc(F)cc(c1)CNC(=O)CC2. The molecular weight excluding hydrogens is 557 g/mol. The number of ether oxygens (including phenoxy) is 3. The second-order valence-corrected chi connectivity index (χ2v) is 10.8. The van der Waals surface area contributed by atoms with Crippen LogP contribution in [0, 0.1) is 5.82 Å². The van der Waals surface area contributed by atoms with E-state index in [1.807, 2.05) is 19.2 Å². The van der Waals surface area contributed by atoms with E-state index in [0.717, 1.165) is 11.3 Å². The standard InChI is InChI=1S/C31H36FN5O6/c1-36-23(9-11-34-36)5-8-31(40)37-12-10-26-25(18-37)35-30(39)19-42-28-15-20(3-6-27(28)41-2)4-7-29(38)33-17-21-13-22(32)16-24(14-21)43-26/h3,6,9,11,13-16,25-26H,4-5,7-8,10,12,17-19H2,1-2H3,(H,33,38)(H,35,39)/t25-,26-/m1/s1. The van der Waals surface area contributed by atoms with Crippen molar-refractivity contribution < 1.29 is 33.0 Å². The number of aromatic nitrogens is 2. The minimum atomic E-state index is -0.580. The number of carbonyl (C=O) groups is 3. The molecule has 0 unspecified atom stereocenters. The number of nitrogens with one attached hydrogen (secondary N) is 2. The Kier molecular flexibility index (Phi) is 9.43. The van der Waals surface area contributed by atoms with E-state index in [0.29, 0.717) is 49.3 Å². The van der Waals surface area contributed by atoms with Gasteiger partial charge in [-0.25, -0.2) is 4.39 Å². The summed E-state index contributed by atoms with van der Waals surface area (Å²) < 4.78 is 33.7. The summed E-state index contributed by atoms with van der Waals surface area (Å²) in [6, 6.07) is 10.9. The van der Waals surface area contributed by atoms with E-state index in [1.54, 1.807) is 34.0 Å². The fraction of sp³-hybridized carbons (Fsp3) is 0.419. The van der Waals surface area contributed by atoms with E-state index < -0.39 is 23.9 Å². The van der Waals surface area contributed by atoms with Gasteiger partial charge in [-0.2, -0.15) is 5.10 Å².